The Balaban J connectivity index is 1.38. The van der Waals surface area contributed by atoms with Gasteiger partial charge in [0.1, 0.15) is 0 Å². The molecule has 1 aliphatic carbocycles. The summed E-state index contributed by atoms with van der Waals surface area (Å²) >= 11 is 0. The number of para-hydroxylation sites is 1. The summed E-state index contributed by atoms with van der Waals surface area (Å²) in [6.45, 7) is 8.69. The van der Waals surface area contributed by atoms with Gasteiger partial charge in [0, 0.05) is 54.9 Å². The molecule has 1 saturated heterocycles. The number of piperazine rings is 1. The second-order valence-electron chi connectivity index (χ2n) is 8.12. The number of carbonyl (C=O) groups excluding carboxylic acids is 1. The van der Waals surface area contributed by atoms with E-state index in [1.807, 2.05) is 0 Å². The third kappa shape index (κ3) is 3.81. The molecule has 4 heteroatoms. The quantitative estimate of drug-likeness (QED) is 0.743. The molecule has 0 amide bonds. The zero-order valence-electron chi connectivity index (χ0n) is 16.7. The van der Waals surface area contributed by atoms with E-state index >= 15 is 0 Å². The van der Waals surface area contributed by atoms with Crippen LogP contribution in [0.2, 0.25) is 0 Å². The van der Waals surface area contributed by atoms with E-state index in [1.54, 1.807) is 0 Å². The van der Waals surface area contributed by atoms with Crippen molar-refractivity contribution in [2.45, 2.75) is 45.6 Å². The van der Waals surface area contributed by atoms with Gasteiger partial charge < -0.3 is 9.47 Å². The molecular formula is C23H31N3O. The molecule has 0 bridgehead atoms. The van der Waals surface area contributed by atoms with Crippen LogP contribution in [0.15, 0.2) is 36.4 Å². The summed E-state index contributed by atoms with van der Waals surface area (Å²) in [4.78, 5) is 17.7. The first-order valence-electron chi connectivity index (χ1n) is 10.4. The Labute approximate surface area is 162 Å². The van der Waals surface area contributed by atoms with Crippen LogP contribution in [0.1, 0.15) is 53.5 Å². The Bertz CT molecular complexity index is 781. The average molecular weight is 366 g/mol. The fraction of sp³-hybridized carbons (Fsp3) is 0.522. The second kappa shape index (κ2) is 7.89. The van der Waals surface area contributed by atoms with E-state index in [-0.39, 0.29) is 5.78 Å². The standard InChI is InChI=1S/C23H31N3O/c1-18-16-22(19(2)26(18)21-10-6-7-11-21)23(27)17-24-12-14-25(15-13-24)20-8-4-3-5-9-20/h3-5,8-9,16,21H,6-7,10-15,17H2,1-2H3. The minimum absolute atomic E-state index is 0.278. The van der Waals surface area contributed by atoms with E-state index in [0.717, 1.165) is 31.7 Å². The van der Waals surface area contributed by atoms with Gasteiger partial charge in [-0.1, -0.05) is 31.0 Å². The van der Waals surface area contributed by atoms with Crippen molar-refractivity contribution in [1.29, 1.82) is 0 Å². The number of hydrogen-bond donors (Lipinski definition) is 0. The van der Waals surface area contributed by atoms with E-state index in [2.05, 4.69) is 64.6 Å². The maximum absolute atomic E-state index is 13.0. The third-order valence-electron chi connectivity index (χ3n) is 6.34. The van der Waals surface area contributed by atoms with E-state index in [1.165, 1.54) is 42.8 Å². The number of anilines is 1. The normalized spacial score (nSPS) is 19.0. The van der Waals surface area contributed by atoms with Crippen LogP contribution in [-0.2, 0) is 0 Å². The number of rotatable bonds is 5. The van der Waals surface area contributed by atoms with Crippen molar-refractivity contribution in [3.63, 3.8) is 0 Å². The van der Waals surface area contributed by atoms with Gasteiger partial charge in [-0.25, -0.2) is 0 Å². The van der Waals surface area contributed by atoms with Crippen LogP contribution in [0.25, 0.3) is 0 Å². The summed E-state index contributed by atoms with van der Waals surface area (Å²) in [5, 5.41) is 0. The topological polar surface area (TPSA) is 28.5 Å². The SMILES string of the molecule is Cc1cc(C(=O)CN2CCN(c3ccccc3)CC2)c(C)n1C1CCCC1. The van der Waals surface area contributed by atoms with Gasteiger partial charge in [0.05, 0.1) is 6.54 Å². The molecule has 4 nitrogen and oxygen atoms in total. The summed E-state index contributed by atoms with van der Waals surface area (Å²) < 4.78 is 2.42. The van der Waals surface area contributed by atoms with E-state index in [9.17, 15) is 4.79 Å². The lowest BCUT2D eigenvalue weighted by molar-refractivity contribution is 0.0925. The second-order valence-corrected chi connectivity index (χ2v) is 8.12. The molecule has 144 valence electrons. The van der Waals surface area contributed by atoms with Crippen LogP contribution in [0.5, 0.6) is 0 Å². The first kappa shape index (κ1) is 18.3. The molecule has 0 unspecified atom stereocenters. The van der Waals surface area contributed by atoms with Crippen LogP contribution in [0.4, 0.5) is 5.69 Å². The zero-order valence-corrected chi connectivity index (χ0v) is 16.7. The predicted octanol–water partition coefficient (Wildman–Crippen LogP) is 4.22. The van der Waals surface area contributed by atoms with Crippen molar-refractivity contribution in [2.24, 2.45) is 0 Å². The number of benzene rings is 1. The van der Waals surface area contributed by atoms with Gasteiger partial charge in [-0.15, -0.1) is 0 Å². The van der Waals surface area contributed by atoms with E-state index < -0.39 is 0 Å². The minimum Gasteiger partial charge on any atom is -0.369 e. The molecule has 2 heterocycles. The third-order valence-corrected chi connectivity index (χ3v) is 6.34. The molecule has 1 saturated carbocycles. The lowest BCUT2D eigenvalue weighted by Crippen LogP contribution is -2.48. The monoisotopic (exact) mass is 365 g/mol. The lowest BCUT2D eigenvalue weighted by atomic mass is 10.1. The minimum atomic E-state index is 0.278. The van der Waals surface area contributed by atoms with Crippen molar-refractivity contribution >= 4 is 11.5 Å². The molecule has 2 aliphatic rings. The highest BCUT2D eigenvalue weighted by molar-refractivity contribution is 5.99. The fourth-order valence-corrected chi connectivity index (χ4v) is 4.87. The van der Waals surface area contributed by atoms with Crippen molar-refractivity contribution in [2.75, 3.05) is 37.6 Å². The molecule has 4 rings (SSSR count). The molecular weight excluding hydrogens is 334 g/mol. The Hall–Kier alpha value is -2.07. The molecule has 1 aromatic carbocycles. The molecule has 2 aromatic rings. The van der Waals surface area contributed by atoms with Crippen LogP contribution in [-0.4, -0.2) is 48.0 Å². The van der Waals surface area contributed by atoms with Gasteiger partial charge >= 0.3 is 0 Å². The summed E-state index contributed by atoms with van der Waals surface area (Å²) in [6.07, 6.45) is 5.14. The number of hydrogen-bond acceptors (Lipinski definition) is 3. The number of carbonyl (C=O) groups is 1. The maximum atomic E-state index is 13.0. The Kier molecular flexibility index (Phi) is 5.35. The van der Waals surface area contributed by atoms with Crippen molar-refractivity contribution in [3.8, 4) is 0 Å². The molecule has 0 atom stereocenters. The fourth-order valence-electron chi connectivity index (χ4n) is 4.87. The average Bonchev–Trinajstić information content (AvgIpc) is 3.31. The Morgan fingerprint density at radius 3 is 2.33 bits per heavy atom. The molecule has 2 fully saturated rings. The predicted molar refractivity (Wildman–Crippen MR) is 111 cm³/mol. The molecule has 0 spiro atoms. The molecule has 1 aromatic heterocycles. The van der Waals surface area contributed by atoms with Gasteiger partial charge in [-0.3, -0.25) is 9.69 Å². The highest BCUT2D eigenvalue weighted by Crippen LogP contribution is 2.33. The van der Waals surface area contributed by atoms with Crippen LogP contribution < -0.4 is 4.90 Å². The van der Waals surface area contributed by atoms with Crippen LogP contribution in [0.3, 0.4) is 0 Å². The van der Waals surface area contributed by atoms with Gasteiger partial charge in [-0.05, 0) is 44.9 Å². The summed E-state index contributed by atoms with van der Waals surface area (Å²) in [5.74, 6) is 0.278. The molecule has 0 N–H and O–H groups in total. The van der Waals surface area contributed by atoms with E-state index in [4.69, 9.17) is 0 Å². The Morgan fingerprint density at radius 1 is 1.00 bits per heavy atom. The number of aryl methyl sites for hydroxylation is 1. The van der Waals surface area contributed by atoms with Gasteiger partial charge in [0.2, 0.25) is 0 Å². The van der Waals surface area contributed by atoms with Crippen molar-refractivity contribution in [3.05, 3.63) is 53.3 Å². The first-order valence-corrected chi connectivity index (χ1v) is 10.4. The van der Waals surface area contributed by atoms with Crippen molar-refractivity contribution < 1.29 is 4.79 Å². The van der Waals surface area contributed by atoms with Gasteiger partial charge in [0.25, 0.3) is 0 Å². The van der Waals surface area contributed by atoms with E-state index in [0.29, 0.717) is 12.6 Å². The number of Topliss-reactive ketones (excluding diaryl/α,β-unsaturated/α-hetero) is 1. The molecule has 1 aliphatic heterocycles. The van der Waals surface area contributed by atoms with Crippen LogP contribution >= 0.6 is 0 Å². The van der Waals surface area contributed by atoms with Crippen molar-refractivity contribution in [1.82, 2.24) is 9.47 Å². The van der Waals surface area contributed by atoms with Gasteiger partial charge in [0.15, 0.2) is 5.78 Å². The highest BCUT2D eigenvalue weighted by Gasteiger charge is 2.25. The zero-order chi connectivity index (χ0) is 18.8. The highest BCUT2D eigenvalue weighted by atomic mass is 16.1. The molecule has 27 heavy (non-hydrogen) atoms. The Morgan fingerprint density at radius 2 is 1.67 bits per heavy atom. The van der Waals surface area contributed by atoms with Crippen LogP contribution in [0, 0.1) is 13.8 Å². The van der Waals surface area contributed by atoms with Gasteiger partial charge in [-0.2, -0.15) is 0 Å². The number of nitrogens with zero attached hydrogens (tertiary/aromatic N) is 3. The number of aromatic nitrogens is 1. The maximum Gasteiger partial charge on any atom is 0.178 e. The largest absolute Gasteiger partial charge is 0.369 e. The number of ketones is 1. The lowest BCUT2D eigenvalue weighted by Gasteiger charge is -2.35. The summed E-state index contributed by atoms with van der Waals surface area (Å²) in [5.41, 5.74) is 4.64. The molecule has 0 radical (unpaired) electrons. The summed E-state index contributed by atoms with van der Waals surface area (Å²) in [7, 11) is 0. The summed E-state index contributed by atoms with van der Waals surface area (Å²) in [6, 6.07) is 13.3. The first-order chi connectivity index (χ1) is 13.1. The smallest absolute Gasteiger partial charge is 0.178 e.